The molecule has 0 saturated carbocycles. The zero-order valence-corrected chi connectivity index (χ0v) is 50.9. The molecule has 0 saturated heterocycles. The lowest BCUT2D eigenvalue weighted by molar-refractivity contribution is -0.167. The predicted molar refractivity (Wildman–Crippen MR) is 339 cm³/mol. The molecule has 0 spiro atoms. The van der Waals surface area contributed by atoms with Gasteiger partial charge in [-0.2, -0.15) is 0 Å². The van der Waals surface area contributed by atoms with E-state index in [9.17, 15) is 14.4 Å². The van der Waals surface area contributed by atoms with Crippen molar-refractivity contribution in [2.45, 2.75) is 303 Å². The van der Waals surface area contributed by atoms with Gasteiger partial charge in [-0.1, -0.05) is 290 Å². The van der Waals surface area contributed by atoms with Crippen LogP contribution in [0.15, 0.2) is 122 Å². The third-order valence-electron chi connectivity index (χ3n) is 13.7. The first-order chi connectivity index (χ1) is 38.5. The standard InChI is InChI=1S/C72H120O6/c1-4-7-10-13-16-19-22-25-28-30-32-34-36-38-40-42-44-47-50-53-56-59-62-65-71(74)77-68-69(67-76-70(73)64-61-58-55-52-49-46-27-24-21-18-15-12-9-6-3)78-72(75)66-63-60-57-54-51-48-45-43-41-39-37-35-33-31-29-26-23-20-17-14-11-8-5-2/h7,10,16,19,23,25-26,28,31-34,37-40,44,47,53,56,69H,4-6,8-9,11-15,17-18,20-22,24,27,29-30,35-36,41-43,45-46,48-52,54-55,57-68H2,1-3H3/b10-7-,19-16-,26-23-,28-25-,33-31-,34-32-,39-37-,40-38-,47-44-,56-53-. The van der Waals surface area contributed by atoms with Crippen LogP contribution in [0, 0.1) is 0 Å². The molecule has 1 atom stereocenters. The largest absolute Gasteiger partial charge is 0.462 e. The normalized spacial score (nSPS) is 12.9. The van der Waals surface area contributed by atoms with Crippen LogP contribution in [0.4, 0.5) is 0 Å². The van der Waals surface area contributed by atoms with Crippen LogP contribution in [0.25, 0.3) is 0 Å². The third kappa shape index (κ3) is 62.7. The molecule has 444 valence electrons. The van der Waals surface area contributed by atoms with Crippen LogP contribution in [0.1, 0.15) is 297 Å². The van der Waals surface area contributed by atoms with E-state index in [1.54, 1.807) is 0 Å². The highest BCUT2D eigenvalue weighted by Crippen LogP contribution is 2.16. The maximum absolute atomic E-state index is 12.9. The van der Waals surface area contributed by atoms with Crippen molar-refractivity contribution < 1.29 is 28.6 Å². The minimum atomic E-state index is -0.809. The van der Waals surface area contributed by atoms with Gasteiger partial charge in [0.1, 0.15) is 13.2 Å². The van der Waals surface area contributed by atoms with Gasteiger partial charge in [0.05, 0.1) is 0 Å². The van der Waals surface area contributed by atoms with Crippen LogP contribution in [0.2, 0.25) is 0 Å². The molecule has 78 heavy (non-hydrogen) atoms. The fraction of sp³-hybridized carbons (Fsp3) is 0.681. The van der Waals surface area contributed by atoms with Gasteiger partial charge in [0.15, 0.2) is 6.10 Å². The summed E-state index contributed by atoms with van der Waals surface area (Å²) in [7, 11) is 0. The Kier molecular flexibility index (Phi) is 61.8. The summed E-state index contributed by atoms with van der Waals surface area (Å²) in [5.41, 5.74) is 0. The molecule has 0 aromatic rings. The molecule has 0 aliphatic heterocycles. The molecule has 0 rings (SSSR count). The van der Waals surface area contributed by atoms with E-state index in [2.05, 4.69) is 142 Å². The van der Waals surface area contributed by atoms with Crippen molar-refractivity contribution in [1.82, 2.24) is 0 Å². The number of rotatable bonds is 58. The quantitative estimate of drug-likeness (QED) is 0.0261. The van der Waals surface area contributed by atoms with Gasteiger partial charge in [0.2, 0.25) is 0 Å². The van der Waals surface area contributed by atoms with Crippen LogP contribution < -0.4 is 0 Å². The Bertz CT molecular complexity index is 1620. The van der Waals surface area contributed by atoms with Crippen molar-refractivity contribution in [2.24, 2.45) is 0 Å². The van der Waals surface area contributed by atoms with Crippen LogP contribution in [-0.4, -0.2) is 37.2 Å². The first-order valence-electron chi connectivity index (χ1n) is 32.5. The monoisotopic (exact) mass is 1080 g/mol. The fourth-order valence-electron chi connectivity index (χ4n) is 8.85. The molecular weight excluding hydrogens is 961 g/mol. The van der Waals surface area contributed by atoms with Crippen molar-refractivity contribution in [3.8, 4) is 0 Å². The number of hydrogen-bond donors (Lipinski definition) is 0. The number of esters is 3. The summed E-state index contributed by atoms with van der Waals surface area (Å²) < 4.78 is 16.9. The Hall–Kier alpha value is -4.19. The number of hydrogen-bond acceptors (Lipinski definition) is 6. The van der Waals surface area contributed by atoms with Crippen molar-refractivity contribution in [2.75, 3.05) is 13.2 Å². The first-order valence-corrected chi connectivity index (χ1v) is 32.5. The Labute approximate surface area is 482 Å². The molecule has 0 amide bonds. The Morgan fingerprint density at radius 2 is 0.513 bits per heavy atom. The Morgan fingerprint density at radius 3 is 0.833 bits per heavy atom. The molecule has 6 nitrogen and oxygen atoms in total. The average Bonchev–Trinajstić information content (AvgIpc) is 3.44. The van der Waals surface area contributed by atoms with E-state index in [1.807, 2.05) is 0 Å². The number of carbonyl (C=O) groups excluding carboxylic acids is 3. The smallest absolute Gasteiger partial charge is 0.306 e. The van der Waals surface area contributed by atoms with E-state index in [1.165, 1.54) is 141 Å². The lowest BCUT2D eigenvalue weighted by Crippen LogP contribution is -2.30. The minimum Gasteiger partial charge on any atom is -0.462 e. The van der Waals surface area contributed by atoms with E-state index in [4.69, 9.17) is 14.2 Å². The second-order valence-corrected chi connectivity index (χ2v) is 21.3. The van der Waals surface area contributed by atoms with Crippen LogP contribution in [-0.2, 0) is 28.6 Å². The zero-order chi connectivity index (χ0) is 56.4. The van der Waals surface area contributed by atoms with E-state index >= 15 is 0 Å². The number of allylic oxidation sites excluding steroid dienone is 20. The number of carbonyl (C=O) groups is 3. The Morgan fingerprint density at radius 1 is 0.269 bits per heavy atom. The number of unbranched alkanes of at least 4 members (excludes halogenated alkanes) is 27. The summed E-state index contributed by atoms with van der Waals surface area (Å²) >= 11 is 0. The van der Waals surface area contributed by atoms with Gasteiger partial charge in [-0.05, 0) is 109 Å². The van der Waals surface area contributed by atoms with Crippen LogP contribution in [0.3, 0.4) is 0 Å². The molecule has 0 heterocycles. The van der Waals surface area contributed by atoms with E-state index in [-0.39, 0.29) is 37.5 Å². The topological polar surface area (TPSA) is 78.9 Å². The molecule has 0 aliphatic rings. The van der Waals surface area contributed by atoms with Crippen molar-refractivity contribution in [3.05, 3.63) is 122 Å². The van der Waals surface area contributed by atoms with E-state index < -0.39 is 6.10 Å². The number of ether oxygens (including phenoxy) is 3. The highest BCUT2D eigenvalue weighted by atomic mass is 16.6. The fourth-order valence-corrected chi connectivity index (χ4v) is 8.85. The molecule has 0 radical (unpaired) electrons. The van der Waals surface area contributed by atoms with E-state index in [0.29, 0.717) is 19.3 Å². The molecule has 1 unspecified atom stereocenters. The molecule has 0 N–H and O–H groups in total. The van der Waals surface area contributed by atoms with Crippen molar-refractivity contribution in [1.29, 1.82) is 0 Å². The average molecular weight is 1080 g/mol. The maximum atomic E-state index is 12.9. The van der Waals surface area contributed by atoms with Gasteiger partial charge in [0.25, 0.3) is 0 Å². The summed E-state index contributed by atoms with van der Waals surface area (Å²) in [4.78, 5) is 38.3. The van der Waals surface area contributed by atoms with Gasteiger partial charge in [0, 0.05) is 19.3 Å². The summed E-state index contributed by atoms with van der Waals surface area (Å²) in [6.45, 7) is 6.48. The van der Waals surface area contributed by atoms with Crippen molar-refractivity contribution in [3.63, 3.8) is 0 Å². The van der Waals surface area contributed by atoms with Gasteiger partial charge in [-0.3, -0.25) is 14.4 Å². The summed E-state index contributed by atoms with van der Waals surface area (Å²) in [5.74, 6) is -0.962. The summed E-state index contributed by atoms with van der Waals surface area (Å²) in [6.07, 6.45) is 90.6. The Balaban J connectivity index is 4.47. The molecule has 0 aromatic heterocycles. The lowest BCUT2D eigenvalue weighted by atomic mass is 10.0. The van der Waals surface area contributed by atoms with Gasteiger partial charge in [-0.25, -0.2) is 0 Å². The van der Waals surface area contributed by atoms with Crippen LogP contribution >= 0.6 is 0 Å². The molecule has 0 aromatic carbocycles. The minimum absolute atomic E-state index is 0.0994. The zero-order valence-electron chi connectivity index (χ0n) is 50.9. The molecular formula is C72H120O6. The highest BCUT2D eigenvalue weighted by molar-refractivity contribution is 5.71. The summed E-state index contributed by atoms with van der Waals surface area (Å²) in [6, 6.07) is 0. The van der Waals surface area contributed by atoms with Crippen molar-refractivity contribution >= 4 is 17.9 Å². The van der Waals surface area contributed by atoms with E-state index in [0.717, 1.165) is 109 Å². The van der Waals surface area contributed by atoms with Crippen LogP contribution in [0.5, 0.6) is 0 Å². The SMILES string of the molecule is CC/C=C\C/C=C\C/C=C\C/C=C\C/C=C\C/C=C\C/C=C\CCCC(=O)OCC(COC(=O)CCCCCCCCCCCCCCCC)OC(=O)CCCCCCCCCC/C=C\C/C=C\C/C=C\CCCCCCC. The maximum Gasteiger partial charge on any atom is 0.306 e. The summed E-state index contributed by atoms with van der Waals surface area (Å²) in [5, 5.41) is 0. The molecule has 0 fully saturated rings. The molecule has 0 aliphatic carbocycles. The molecule has 0 bridgehead atoms. The predicted octanol–water partition coefficient (Wildman–Crippen LogP) is 22.4. The highest BCUT2D eigenvalue weighted by Gasteiger charge is 2.19. The van der Waals surface area contributed by atoms with Gasteiger partial charge >= 0.3 is 17.9 Å². The third-order valence-corrected chi connectivity index (χ3v) is 13.7. The first kappa shape index (κ1) is 73.8. The second kappa shape index (κ2) is 65.3. The second-order valence-electron chi connectivity index (χ2n) is 21.3. The lowest BCUT2D eigenvalue weighted by Gasteiger charge is -2.18. The van der Waals surface area contributed by atoms with Gasteiger partial charge in [-0.15, -0.1) is 0 Å². The molecule has 6 heteroatoms. The van der Waals surface area contributed by atoms with Gasteiger partial charge < -0.3 is 14.2 Å².